The lowest BCUT2D eigenvalue weighted by Crippen LogP contribution is -2.35. The quantitative estimate of drug-likeness (QED) is 0.483. The number of hydrogen-bond donors (Lipinski definition) is 2. The molecule has 0 spiro atoms. The summed E-state index contributed by atoms with van der Waals surface area (Å²) in [6.45, 7) is 1.52. The second-order valence-corrected chi connectivity index (χ2v) is 7.09. The average Bonchev–Trinajstić information content (AvgIpc) is 2.69. The fourth-order valence-electron chi connectivity index (χ4n) is 2.48. The lowest BCUT2D eigenvalue weighted by molar-refractivity contribution is -0.137. The first-order chi connectivity index (χ1) is 15.0. The van der Waals surface area contributed by atoms with Gasteiger partial charge >= 0.3 is 12.2 Å². The van der Waals surface area contributed by atoms with Crippen molar-refractivity contribution in [2.45, 2.75) is 13.1 Å². The fourth-order valence-corrected chi connectivity index (χ4v) is 3.05. The highest BCUT2D eigenvalue weighted by Crippen LogP contribution is 2.31. The first-order valence-corrected chi connectivity index (χ1v) is 9.55. The fraction of sp³-hybridized carbons (Fsp3) is 0.100. The molecule has 2 N–H and O–H groups in total. The number of alkyl halides is 3. The smallest absolute Gasteiger partial charge is 0.416 e. The Morgan fingerprint density at radius 3 is 2.22 bits per heavy atom. The standard InChI is InChI=1S/C20H13Cl2F3N4O3/c1-10-18(32-12-7-5-11(6-8-12)20(23,24)25)26-9-15(27-10)28-19(31)29-17(30)16-13(21)3-2-4-14(16)22/h2-9H,1H3,(H2,27,28,29,30,31). The predicted molar refractivity (Wildman–Crippen MR) is 111 cm³/mol. The van der Waals surface area contributed by atoms with E-state index >= 15 is 0 Å². The van der Waals surface area contributed by atoms with Crippen LogP contribution in [0.3, 0.4) is 0 Å². The minimum atomic E-state index is -4.46. The van der Waals surface area contributed by atoms with Crippen LogP contribution in [0.25, 0.3) is 0 Å². The van der Waals surface area contributed by atoms with Crippen LogP contribution in [0.2, 0.25) is 10.0 Å². The maximum atomic E-state index is 12.6. The molecule has 1 aromatic heterocycles. The van der Waals surface area contributed by atoms with Gasteiger partial charge in [0.2, 0.25) is 5.88 Å². The Bertz CT molecular complexity index is 1150. The third-order valence-corrected chi connectivity index (χ3v) is 4.59. The lowest BCUT2D eigenvalue weighted by Gasteiger charge is -2.11. The summed E-state index contributed by atoms with van der Waals surface area (Å²) in [6, 6.07) is 7.59. The van der Waals surface area contributed by atoms with Gasteiger partial charge in [0.05, 0.1) is 27.4 Å². The normalized spacial score (nSPS) is 11.1. The summed E-state index contributed by atoms with van der Waals surface area (Å²) in [5.41, 5.74) is -0.637. The molecule has 0 unspecified atom stereocenters. The van der Waals surface area contributed by atoms with E-state index in [1.165, 1.54) is 19.1 Å². The van der Waals surface area contributed by atoms with E-state index in [9.17, 15) is 22.8 Å². The molecule has 0 atom stereocenters. The Hall–Kier alpha value is -3.37. The van der Waals surface area contributed by atoms with Crippen LogP contribution in [0, 0.1) is 6.92 Å². The van der Waals surface area contributed by atoms with Gasteiger partial charge in [-0.2, -0.15) is 13.2 Å². The molecule has 3 rings (SSSR count). The van der Waals surface area contributed by atoms with Crippen LogP contribution >= 0.6 is 23.2 Å². The molecular weight excluding hydrogens is 472 g/mol. The zero-order chi connectivity index (χ0) is 23.5. The van der Waals surface area contributed by atoms with Crippen LogP contribution in [0.15, 0.2) is 48.7 Å². The molecule has 0 aliphatic heterocycles. The third-order valence-electron chi connectivity index (χ3n) is 3.96. The summed E-state index contributed by atoms with van der Waals surface area (Å²) in [7, 11) is 0. The molecule has 0 aliphatic rings. The highest BCUT2D eigenvalue weighted by Gasteiger charge is 2.30. The summed E-state index contributed by atoms with van der Waals surface area (Å²) >= 11 is 11.9. The molecule has 0 aliphatic carbocycles. The minimum Gasteiger partial charge on any atom is -0.437 e. The number of hydrogen-bond acceptors (Lipinski definition) is 5. The number of carbonyl (C=O) groups is 2. The lowest BCUT2D eigenvalue weighted by atomic mass is 10.2. The van der Waals surface area contributed by atoms with Crippen LogP contribution in [-0.4, -0.2) is 21.9 Å². The molecule has 0 saturated heterocycles. The molecule has 0 radical (unpaired) electrons. The maximum absolute atomic E-state index is 12.6. The molecule has 3 aromatic rings. The molecule has 2 aromatic carbocycles. The third kappa shape index (κ3) is 5.65. The number of anilines is 1. The van der Waals surface area contributed by atoms with Crippen LogP contribution in [0.1, 0.15) is 21.6 Å². The summed E-state index contributed by atoms with van der Waals surface area (Å²) in [5.74, 6) is -0.673. The number of ether oxygens (including phenoxy) is 1. The second-order valence-electron chi connectivity index (χ2n) is 6.27. The largest absolute Gasteiger partial charge is 0.437 e. The van der Waals surface area contributed by atoms with Gasteiger partial charge in [0.15, 0.2) is 5.82 Å². The van der Waals surface area contributed by atoms with Gasteiger partial charge in [-0.1, -0.05) is 29.3 Å². The molecule has 3 amide bonds. The van der Waals surface area contributed by atoms with Crippen molar-refractivity contribution in [3.63, 3.8) is 0 Å². The Kier molecular flexibility index (Phi) is 6.85. The number of aromatic nitrogens is 2. The summed E-state index contributed by atoms with van der Waals surface area (Å²) in [6.07, 6.45) is -3.31. The van der Waals surface area contributed by atoms with Crippen LogP contribution in [-0.2, 0) is 6.18 Å². The van der Waals surface area contributed by atoms with Crippen molar-refractivity contribution in [3.8, 4) is 11.6 Å². The number of rotatable bonds is 4. The van der Waals surface area contributed by atoms with Crippen molar-refractivity contribution >= 4 is 41.0 Å². The van der Waals surface area contributed by atoms with Crippen molar-refractivity contribution in [3.05, 3.63) is 75.5 Å². The number of nitrogens with zero attached hydrogens (tertiary/aromatic N) is 2. The van der Waals surface area contributed by atoms with Gasteiger partial charge in [0.1, 0.15) is 11.4 Å². The van der Waals surface area contributed by atoms with E-state index in [4.69, 9.17) is 27.9 Å². The molecule has 1 heterocycles. The average molecular weight is 485 g/mol. The summed E-state index contributed by atoms with van der Waals surface area (Å²) < 4.78 is 43.3. The first kappa shape index (κ1) is 23.3. The van der Waals surface area contributed by atoms with E-state index in [1.54, 1.807) is 6.07 Å². The zero-order valence-corrected chi connectivity index (χ0v) is 17.6. The number of halogens is 5. The molecule has 0 fully saturated rings. The number of urea groups is 1. The Morgan fingerprint density at radius 2 is 1.66 bits per heavy atom. The van der Waals surface area contributed by atoms with E-state index in [2.05, 4.69) is 20.6 Å². The van der Waals surface area contributed by atoms with Crippen LogP contribution < -0.4 is 15.4 Å². The monoisotopic (exact) mass is 484 g/mol. The van der Waals surface area contributed by atoms with Crippen molar-refractivity contribution in [2.75, 3.05) is 5.32 Å². The highest BCUT2D eigenvalue weighted by atomic mass is 35.5. The maximum Gasteiger partial charge on any atom is 0.416 e. The second kappa shape index (κ2) is 9.41. The highest BCUT2D eigenvalue weighted by molar-refractivity contribution is 6.40. The molecular formula is C20H13Cl2F3N4O3. The van der Waals surface area contributed by atoms with E-state index in [1.807, 2.05) is 0 Å². The number of nitrogens with one attached hydrogen (secondary N) is 2. The molecule has 0 saturated carbocycles. The predicted octanol–water partition coefficient (Wildman–Crippen LogP) is 5.86. The Morgan fingerprint density at radius 1 is 1.03 bits per heavy atom. The summed E-state index contributed by atoms with van der Waals surface area (Å²) in [5, 5.41) is 4.54. The topological polar surface area (TPSA) is 93.2 Å². The van der Waals surface area contributed by atoms with Crippen molar-refractivity contribution < 1.29 is 27.5 Å². The number of aryl methyl sites for hydroxylation is 1. The summed E-state index contributed by atoms with van der Waals surface area (Å²) in [4.78, 5) is 32.4. The van der Waals surface area contributed by atoms with E-state index in [-0.39, 0.29) is 38.8 Å². The van der Waals surface area contributed by atoms with Gasteiger partial charge in [-0.25, -0.2) is 14.8 Å². The number of carbonyl (C=O) groups excluding carboxylic acids is 2. The van der Waals surface area contributed by atoms with E-state index in [0.29, 0.717) is 0 Å². The molecule has 32 heavy (non-hydrogen) atoms. The van der Waals surface area contributed by atoms with Gasteiger partial charge in [0, 0.05) is 0 Å². The van der Waals surface area contributed by atoms with Crippen LogP contribution in [0.5, 0.6) is 11.6 Å². The number of benzene rings is 2. The molecule has 166 valence electrons. The number of amides is 3. The van der Waals surface area contributed by atoms with Gasteiger partial charge in [-0.15, -0.1) is 0 Å². The van der Waals surface area contributed by atoms with Crippen LogP contribution in [0.4, 0.5) is 23.8 Å². The van der Waals surface area contributed by atoms with Gasteiger partial charge in [-0.05, 0) is 43.3 Å². The SMILES string of the molecule is Cc1nc(NC(=O)NC(=O)c2c(Cl)cccc2Cl)cnc1Oc1ccc(C(F)(F)F)cc1. The molecule has 7 nitrogen and oxygen atoms in total. The molecule has 12 heteroatoms. The Labute approximate surface area is 189 Å². The van der Waals surface area contributed by atoms with Gasteiger partial charge in [0.25, 0.3) is 5.91 Å². The molecule has 0 bridgehead atoms. The van der Waals surface area contributed by atoms with Crippen molar-refractivity contribution in [2.24, 2.45) is 0 Å². The zero-order valence-electron chi connectivity index (χ0n) is 16.1. The minimum absolute atomic E-state index is 0.00201. The van der Waals surface area contributed by atoms with E-state index < -0.39 is 23.7 Å². The van der Waals surface area contributed by atoms with Crippen molar-refractivity contribution in [1.82, 2.24) is 15.3 Å². The number of imide groups is 1. The first-order valence-electron chi connectivity index (χ1n) is 8.79. The van der Waals surface area contributed by atoms with Crippen molar-refractivity contribution in [1.29, 1.82) is 0 Å². The Balaban J connectivity index is 1.65. The van der Waals surface area contributed by atoms with Gasteiger partial charge < -0.3 is 4.74 Å². The van der Waals surface area contributed by atoms with E-state index in [0.717, 1.165) is 30.5 Å². The van der Waals surface area contributed by atoms with Gasteiger partial charge in [-0.3, -0.25) is 15.4 Å².